The summed E-state index contributed by atoms with van der Waals surface area (Å²) < 4.78 is 0. The van der Waals surface area contributed by atoms with E-state index in [0.717, 1.165) is 12.0 Å². The van der Waals surface area contributed by atoms with E-state index in [9.17, 15) is 4.79 Å². The predicted molar refractivity (Wildman–Crippen MR) is 63.3 cm³/mol. The Hall–Kier alpha value is -0.760. The molecule has 1 nitrogen and oxygen atoms in total. The van der Waals surface area contributed by atoms with Crippen LogP contribution in [0.2, 0.25) is 0 Å². The Bertz CT molecular complexity index is 303. The van der Waals surface area contributed by atoms with Gasteiger partial charge in [-0.2, -0.15) is 12.6 Å². The number of thiol groups is 1. The predicted octanol–water partition coefficient (Wildman–Crippen LogP) is 3.31. The summed E-state index contributed by atoms with van der Waals surface area (Å²) >= 11 is 3.96. The lowest BCUT2D eigenvalue weighted by Crippen LogP contribution is -2.00. The fraction of sp³-hybridized carbons (Fsp3) is 0.417. The Balaban J connectivity index is 2.83. The van der Waals surface area contributed by atoms with Crippen LogP contribution >= 0.6 is 12.6 Å². The first-order valence-electron chi connectivity index (χ1n) is 4.93. The van der Waals surface area contributed by atoms with Crippen LogP contribution in [-0.4, -0.2) is 11.5 Å². The monoisotopic (exact) mass is 208 g/mol. The number of carbonyl (C=O) groups excluding carboxylic acids is 1. The third kappa shape index (κ3) is 2.61. The summed E-state index contributed by atoms with van der Waals surface area (Å²) in [6.45, 7) is 4.35. The van der Waals surface area contributed by atoms with Crippen molar-refractivity contribution in [2.75, 3.05) is 5.75 Å². The highest BCUT2D eigenvalue weighted by molar-refractivity contribution is 7.81. The standard InChI is InChI=1S/C12H16OS/c1-3-9(2)10-4-6-11(7-5-10)12(13)8-14/h4-7,9,14H,3,8H2,1-2H3. The molecule has 2 heteroatoms. The molecule has 0 fully saturated rings. The van der Waals surface area contributed by atoms with Crippen LogP contribution in [0.15, 0.2) is 24.3 Å². The zero-order chi connectivity index (χ0) is 10.6. The van der Waals surface area contributed by atoms with Gasteiger partial charge in [0.15, 0.2) is 5.78 Å². The van der Waals surface area contributed by atoms with Crippen LogP contribution in [0.25, 0.3) is 0 Å². The van der Waals surface area contributed by atoms with E-state index in [2.05, 4.69) is 26.5 Å². The van der Waals surface area contributed by atoms with Gasteiger partial charge in [0.2, 0.25) is 0 Å². The zero-order valence-electron chi connectivity index (χ0n) is 8.66. The smallest absolute Gasteiger partial charge is 0.172 e. The van der Waals surface area contributed by atoms with Gasteiger partial charge in [-0.15, -0.1) is 0 Å². The van der Waals surface area contributed by atoms with Gasteiger partial charge >= 0.3 is 0 Å². The van der Waals surface area contributed by atoms with Gasteiger partial charge in [-0.1, -0.05) is 38.1 Å². The van der Waals surface area contributed by atoms with E-state index in [4.69, 9.17) is 0 Å². The first-order valence-corrected chi connectivity index (χ1v) is 5.56. The SMILES string of the molecule is CCC(C)c1ccc(C(=O)CS)cc1. The fourth-order valence-electron chi connectivity index (χ4n) is 1.32. The molecule has 0 heterocycles. The Morgan fingerprint density at radius 2 is 1.93 bits per heavy atom. The molecule has 0 aliphatic rings. The van der Waals surface area contributed by atoms with Crippen molar-refractivity contribution < 1.29 is 4.79 Å². The highest BCUT2D eigenvalue weighted by Gasteiger charge is 2.05. The third-order valence-corrected chi connectivity index (χ3v) is 2.84. The summed E-state index contributed by atoms with van der Waals surface area (Å²) in [6, 6.07) is 7.84. The summed E-state index contributed by atoms with van der Waals surface area (Å²) in [5, 5.41) is 0. The third-order valence-electron chi connectivity index (χ3n) is 2.56. The number of Topliss-reactive ketones (excluding diaryl/α,β-unsaturated/α-hetero) is 1. The molecule has 0 bridgehead atoms. The van der Waals surface area contributed by atoms with Crippen LogP contribution in [0, 0.1) is 0 Å². The number of rotatable bonds is 4. The highest BCUT2D eigenvalue weighted by atomic mass is 32.1. The average Bonchev–Trinajstić information content (AvgIpc) is 2.27. The molecule has 1 rings (SSSR count). The van der Waals surface area contributed by atoms with Crippen LogP contribution in [0.4, 0.5) is 0 Å². The molecular formula is C12H16OS. The number of carbonyl (C=O) groups is 1. The molecule has 14 heavy (non-hydrogen) atoms. The molecule has 0 N–H and O–H groups in total. The summed E-state index contributed by atoms with van der Waals surface area (Å²) in [7, 11) is 0. The van der Waals surface area contributed by atoms with Gasteiger partial charge in [0.25, 0.3) is 0 Å². The maximum Gasteiger partial charge on any atom is 0.172 e. The topological polar surface area (TPSA) is 17.1 Å². The van der Waals surface area contributed by atoms with E-state index in [1.807, 2.05) is 24.3 Å². The van der Waals surface area contributed by atoms with Gasteiger partial charge in [0.1, 0.15) is 0 Å². The van der Waals surface area contributed by atoms with Gasteiger partial charge in [-0.25, -0.2) is 0 Å². The van der Waals surface area contributed by atoms with Gasteiger partial charge in [-0.05, 0) is 17.9 Å². The minimum absolute atomic E-state index is 0.0871. The highest BCUT2D eigenvalue weighted by Crippen LogP contribution is 2.18. The molecule has 0 saturated heterocycles. The molecule has 0 amide bonds. The lowest BCUT2D eigenvalue weighted by Gasteiger charge is -2.08. The molecular weight excluding hydrogens is 192 g/mol. The zero-order valence-corrected chi connectivity index (χ0v) is 9.55. The normalized spacial score (nSPS) is 12.5. The van der Waals surface area contributed by atoms with Crippen LogP contribution in [0.5, 0.6) is 0 Å². The number of benzene rings is 1. The average molecular weight is 208 g/mol. The second-order valence-electron chi connectivity index (χ2n) is 3.51. The van der Waals surface area contributed by atoms with E-state index >= 15 is 0 Å². The molecule has 1 aromatic carbocycles. The number of hydrogen-bond donors (Lipinski definition) is 1. The van der Waals surface area contributed by atoms with Crippen molar-refractivity contribution in [2.45, 2.75) is 26.2 Å². The first kappa shape index (κ1) is 11.3. The van der Waals surface area contributed by atoms with Crippen molar-refractivity contribution in [1.82, 2.24) is 0 Å². The fourth-order valence-corrected chi connectivity index (χ4v) is 1.51. The number of ketones is 1. The Morgan fingerprint density at radius 3 is 2.36 bits per heavy atom. The Labute approximate surface area is 90.9 Å². The van der Waals surface area contributed by atoms with E-state index in [0.29, 0.717) is 5.92 Å². The molecule has 0 radical (unpaired) electrons. The second kappa shape index (κ2) is 5.20. The second-order valence-corrected chi connectivity index (χ2v) is 3.83. The van der Waals surface area contributed by atoms with Crippen molar-refractivity contribution in [2.24, 2.45) is 0 Å². The molecule has 1 unspecified atom stereocenters. The van der Waals surface area contributed by atoms with Crippen molar-refractivity contribution in [3.63, 3.8) is 0 Å². The lowest BCUT2D eigenvalue weighted by atomic mass is 9.97. The van der Waals surface area contributed by atoms with Gasteiger partial charge in [0.05, 0.1) is 5.75 Å². The summed E-state index contributed by atoms with van der Waals surface area (Å²) in [4.78, 5) is 11.3. The Morgan fingerprint density at radius 1 is 1.36 bits per heavy atom. The first-order chi connectivity index (χ1) is 6.69. The van der Waals surface area contributed by atoms with E-state index in [-0.39, 0.29) is 11.5 Å². The molecule has 0 aromatic heterocycles. The van der Waals surface area contributed by atoms with Gasteiger partial charge in [-0.3, -0.25) is 4.79 Å². The molecule has 0 aliphatic carbocycles. The van der Waals surface area contributed by atoms with Crippen LogP contribution in [0.1, 0.15) is 42.1 Å². The molecule has 1 atom stereocenters. The van der Waals surface area contributed by atoms with Crippen LogP contribution in [-0.2, 0) is 0 Å². The quantitative estimate of drug-likeness (QED) is 0.593. The van der Waals surface area contributed by atoms with Crippen LogP contribution < -0.4 is 0 Å². The molecule has 1 aromatic rings. The maximum atomic E-state index is 11.3. The molecule has 0 spiro atoms. The summed E-state index contributed by atoms with van der Waals surface area (Å²) in [6.07, 6.45) is 1.12. The van der Waals surface area contributed by atoms with Crippen molar-refractivity contribution in [3.05, 3.63) is 35.4 Å². The van der Waals surface area contributed by atoms with Crippen molar-refractivity contribution >= 4 is 18.4 Å². The van der Waals surface area contributed by atoms with E-state index in [1.165, 1.54) is 5.56 Å². The summed E-state index contributed by atoms with van der Waals surface area (Å²) in [5.74, 6) is 0.932. The molecule has 76 valence electrons. The minimum atomic E-state index is 0.0871. The van der Waals surface area contributed by atoms with Crippen molar-refractivity contribution in [1.29, 1.82) is 0 Å². The largest absolute Gasteiger partial charge is 0.293 e. The van der Waals surface area contributed by atoms with E-state index in [1.54, 1.807) is 0 Å². The number of hydrogen-bond acceptors (Lipinski definition) is 2. The van der Waals surface area contributed by atoms with Crippen molar-refractivity contribution in [3.8, 4) is 0 Å². The molecule has 0 saturated carbocycles. The van der Waals surface area contributed by atoms with Gasteiger partial charge in [0, 0.05) is 5.56 Å². The lowest BCUT2D eigenvalue weighted by molar-refractivity contribution is 0.102. The van der Waals surface area contributed by atoms with Gasteiger partial charge < -0.3 is 0 Å². The van der Waals surface area contributed by atoms with E-state index < -0.39 is 0 Å². The van der Waals surface area contributed by atoms with Crippen LogP contribution in [0.3, 0.4) is 0 Å². The Kier molecular flexibility index (Phi) is 4.21. The maximum absolute atomic E-state index is 11.3. The molecule has 0 aliphatic heterocycles. The summed E-state index contributed by atoms with van der Waals surface area (Å²) in [5.41, 5.74) is 2.05. The minimum Gasteiger partial charge on any atom is -0.293 e.